The third-order valence-electron chi connectivity index (χ3n) is 2.79. The molecule has 0 unspecified atom stereocenters. The molecule has 0 saturated carbocycles. The van der Waals surface area contributed by atoms with Gasteiger partial charge >= 0.3 is 6.03 Å². The minimum absolute atomic E-state index is 0.251. The van der Waals surface area contributed by atoms with Gasteiger partial charge in [-0.25, -0.2) is 4.79 Å². The van der Waals surface area contributed by atoms with Gasteiger partial charge in [0.1, 0.15) is 5.76 Å². The van der Waals surface area contributed by atoms with E-state index >= 15 is 0 Å². The molecule has 7 heteroatoms. The van der Waals surface area contributed by atoms with Crippen molar-refractivity contribution in [1.29, 1.82) is 0 Å². The topological polar surface area (TPSA) is 82.4 Å². The van der Waals surface area contributed by atoms with Gasteiger partial charge < -0.3 is 15.2 Å². The van der Waals surface area contributed by atoms with Crippen molar-refractivity contribution >= 4 is 11.8 Å². The Hall–Kier alpha value is -1.60. The Bertz CT molecular complexity index is 387. The molecule has 1 aromatic rings. The zero-order valence-electron chi connectivity index (χ0n) is 10.5. The normalized spacial score (nSPS) is 16.5. The Kier molecular flexibility index (Phi) is 4.54. The number of aromatic nitrogens is 1. The van der Waals surface area contributed by atoms with Crippen LogP contribution < -0.4 is 16.0 Å². The van der Waals surface area contributed by atoms with Gasteiger partial charge in [-0.3, -0.25) is 10.2 Å². The highest BCUT2D eigenvalue weighted by Gasteiger charge is 2.10. The number of piperazine rings is 1. The van der Waals surface area contributed by atoms with Crippen molar-refractivity contribution < 1.29 is 9.32 Å². The Morgan fingerprint density at radius 2 is 2.33 bits per heavy atom. The second-order valence-electron chi connectivity index (χ2n) is 4.30. The first-order valence-corrected chi connectivity index (χ1v) is 6.15. The smallest absolute Gasteiger partial charge is 0.320 e. The molecule has 0 bridgehead atoms. The second kappa shape index (κ2) is 6.36. The fourth-order valence-electron chi connectivity index (χ4n) is 1.85. The summed E-state index contributed by atoms with van der Waals surface area (Å²) in [5.74, 6) is 1.11. The Morgan fingerprint density at radius 1 is 1.56 bits per heavy atom. The van der Waals surface area contributed by atoms with E-state index in [4.69, 9.17) is 4.52 Å². The predicted octanol–water partition coefficient (Wildman–Crippen LogP) is 0.00972. The minimum Gasteiger partial charge on any atom is -0.360 e. The highest BCUT2D eigenvalue weighted by molar-refractivity contribution is 5.88. The maximum absolute atomic E-state index is 11.5. The first-order valence-electron chi connectivity index (χ1n) is 6.15. The molecular weight excluding hydrogens is 234 g/mol. The van der Waals surface area contributed by atoms with Crippen LogP contribution in [0.25, 0.3) is 0 Å². The highest BCUT2D eigenvalue weighted by Crippen LogP contribution is 2.06. The van der Waals surface area contributed by atoms with E-state index in [9.17, 15) is 4.79 Å². The first-order chi connectivity index (χ1) is 8.74. The summed E-state index contributed by atoms with van der Waals surface area (Å²) in [5, 5.41) is 12.4. The molecule has 0 spiro atoms. The van der Waals surface area contributed by atoms with E-state index < -0.39 is 0 Å². The lowest BCUT2D eigenvalue weighted by atomic mass is 10.3. The number of rotatable bonds is 4. The standard InChI is InChI=1S/C11H19N5O2/c1-9-8-10(15-18-9)14-11(17)13-4-7-16-5-2-12-3-6-16/h8,12H,2-7H2,1H3,(H2,13,14,15,17). The van der Waals surface area contributed by atoms with Gasteiger partial charge in [0, 0.05) is 45.3 Å². The average molecular weight is 253 g/mol. The molecule has 2 rings (SSSR count). The summed E-state index contributed by atoms with van der Waals surface area (Å²) >= 11 is 0. The van der Waals surface area contributed by atoms with E-state index in [2.05, 4.69) is 26.0 Å². The monoisotopic (exact) mass is 253 g/mol. The maximum Gasteiger partial charge on any atom is 0.320 e. The zero-order chi connectivity index (χ0) is 12.8. The second-order valence-corrected chi connectivity index (χ2v) is 4.30. The van der Waals surface area contributed by atoms with E-state index in [-0.39, 0.29) is 6.03 Å². The van der Waals surface area contributed by atoms with E-state index in [1.807, 2.05) is 0 Å². The van der Waals surface area contributed by atoms with E-state index in [0.29, 0.717) is 18.1 Å². The van der Waals surface area contributed by atoms with Crippen LogP contribution in [0, 0.1) is 6.92 Å². The number of hydrogen-bond acceptors (Lipinski definition) is 5. The van der Waals surface area contributed by atoms with Crippen LogP contribution in [0.3, 0.4) is 0 Å². The number of aryl methyl sites for hydroxylation is 1. The lowest BCUT2D eigenvalue weighted by Gasteiger charge is -2.26. The van der Waals surface area contributed by atoms with Crippen LogP contribution in [0.2, 0.25) is 0 Å². The maximum atomic E-state index is 11.5. The lowest BCUT2D eigenvalue weighted by molar-refractivity contribution is 0.233. The number of amides is 2. The van der Waals surface area contributed by atoms with Gasteiger partial charge in [-0.2, -0.15) is 0 Å². The molecule has 0 aliphatic carbocycles. The third kappa shape index (κ3) is 4.01. The van der Waals surface area contributed by atoms with Crippen LogP contribution in [0.5, 0.6) is 0 Å². The lowest BCUT2D eigenvalue weighted by Crippen LogP contribution is -2.46. The molecule has 1 saturated heterocycles. The van der Waals surface area contributed by atoms with Crippen molar-refractivity contribution in [2.24, 2.45) is 0 Å². The largest absolute Gasteiger partial charge is 0.360 e. The third-order valence-corrected chi connectivity index (χ3v) is 2.79. The molecule has 0 radical (unpaired) electrons. The summed E-state index contributed by atoms with van der Waals surface area (Å²) in [6.07, 6.45) is 0. The Morgan fingerprint density at radius 3 is 3.00 bits per heavy atom. The van der Waals surface area contributed by atoms with E-state index in [1.165, 1.54) is 0 Å². The van der Waals surface area contributed by atoms with E-state index in [1.54, 1.807) is 13.0 Å². The molecule has 2 amide bonds. The summed E-state index contributed by atoms with van der Waals surface area (Å²) in [6, 6.07) is 1.43. The molecule has 1 aliphatic rings. The van der Waals surface area contributed by atoms with Gasteiger partial charge in [0.15, 0.2) is 5.82 Å². The van der Waals surface area contributed by atoms with Crippen molar-refractivity contribution in [2.45, 2.75) is 6.92 Å². The van der Waals surface area contributed by atoms with E-state index in [0.717, 1.165) is 32.7 Å². The van der Waals surface area contributed by atoms with Crippen molar-refractivity contribution in [3.63, 3.8) is 0 Å². The fourth-order valence-corrected chi connectivity index (χ4v) is 1.85. The number of nitrogens with zero attached hydrogens (tertiary/aromatic N) is 2. The molecule has 0 atom stereocenters. The van der Waals surface area contributed by atoms with Gasteiger partial charge in [-0.15, -0.1) is 0 Å². The van der Waals surface area contributed by atoms with Crippen LogP contribution in [0.4, 0.5) is 10.6 Å². The molecule has 2 heterocycles. The van der Waals surface area contributed by atoms with Gasteiger partial charge in [-0.1, -0.05) is 5.16 Å². The van der Waals surface area contributed by atoms with Crippen molar-refractivity contribution in [3.05, 3.63) is 11.8 Å². The average Bonchev–Trinajstić information content (AvgIpc) is 2.76. The molecular formula is C11H19N5O2. The summed E-state index contributed by atoms with van der Waals surface area (Å²) in [4.78, 5) is 13.8. The van der Waals surface area contributed by atoms with Crippen molar-refractivity contribution in [3.8, 4) is 0 Å². The molecule has 18 heavy (non-hydrogen) atoms. The van der Waals surface area contributed by atoms with Gasteiger partial charge in [0.05, 0.1) is 0 Å². The van der Waals surface area contributed by atoms with Crippen LogP contribution in [0.1, 0.15) is 5.76 Å². The number of urea groups is 1. The first kappa shape index (κ1) is 12.8. The number of anilines is 1. The van der Waals surface area contributed by atoms with Gasteiger partial charge in [0.2, 0.25) is 0 Å². The summed E-state index contributed by atoms with van der Waals surface area (Å²) in [6.45, 7) is 7.38. The van der Waals surface area contributed by atoms with Crippen LogP contribution >= 0.6 is 0 Å². The minimum atomic E-state index is -0.251. The fraction of sp³-hybridized carbons (Fsp3) is 0.636. The molecule has 1 aliphatic heterocycles. The predicted molar refractivity (Wildman–Crippen MR) is 67.6 cm³/mol. The summed E-state index contributed by atoms with van der Waals surface area (Å²) < 4.78 is 4.86. The van der Waals surface area contributed by atoms with Gasteiger partial charge in [0.25, 0.3) is 0 Å². The molecule has 0 aromatic carbocycles. The quantitative estimate of drug-likeness (QED) is 0.704. The number of carbonyl (C=O) groups is 1. The SMILES string of the molecule is Cc1cc(NC(=O)NCCN2CCNCC2)no1. The summed E-state index contributed by atoms with van der Waals surface area (Å²) in [5.41, 5.74) is 0. The number of nitrogens with one attached hydrogen (secondary N) is 3. The Balaban J connectivity index is 1.62. The van der Waals surface area contributed by atoms with Crippen molar-refractivity contribution in [1.82, 2.24) is 20.7 Å². The van der Waals surface area contributed by atoms with Crippen molar-refractivity contribution in [2.75, 3.05) is 44.6 Å². The summed E-state index contributed by atoms with van der Waals surface area (Å²) in [7, 11) is 0. The van der Waals surface area contributed by atoms with Crippen LogP contribution in [0.15, 0.2) is 10.6 Å². The van der Waals surface area contributed by atoms with Crippen LogP contribution in [-0.2, 0) is 0 Å². The molecule has 7 nitrogen and oxygen atoms in total. The molecule has 100 valence electrons. The molecule has 1 aromatic heterocycles. The van der Waals surface area contributed by atoms with Crippen LogP contribution in [-0.4, -0.2) is 55.4 Å². The molecule has 3 N–H and O–H groups in total. The Labute approximate surface area is 106 Å². The highest BCUT2D eigenvalue weighted by atomic mass is 16.5. The number of carbonyl (C=O) groups excluding carboxylic acids is 1. The number of hydrogen-bond donors (Lipinski definition) is 3. The molecule has 1 fully saturated rings. The van der Waals surface area contributed by atoms with Gasteiger partial charge in [-0.05, 0) is 6.92 Å². The zero-order valence-corrected chi connectivity index (χ0v) is 10.5.